The first-order chi connectivity index (χ1) is 8.38. The van der Waals surface area contributed by atoms with Crippen LogP contribution in [0, 0.1) is 0 Å². The second-order valence-electron chi connectivity index (χ2n) is 3.65. The van der Waals surface area contributed by atoms with E-state index in [9.17, 15) is 13.2 Å². The maximum absolute atomic E-state index is 12.5. The summed E-state index contributed by atoms with van der Waals surface area (Å²) in [7, 11) is 0. The van der Waals surface area contributed by atoms with Crippen molar-refractivity contribution in [2.24, 2.45) is 0 Å². The van der Waals surface area contributed by atoms with Crippen molar-refractivity contribution >= 4 is 15.9 Å². The highest BCUT2D eigenvalue weighted by Gasteiger charge is 2.30. The minimum Gasteiger partial charge on any atom is -0.338 e. The van der Waals surface area contributed by atoms with Crippen molar-refractivity contribution < 1.29 is 17.7 Å². The summed E-state index contributed by atoms with van der Waals surface area (Å²) in [6.07, 6.45) is -4.38. The van der Waals surface area contributed by atoms with Crippen LogP contribution in [-0.4, -0.2) is 10.1 Å². The molecule has 2 aromatic rings. The van der Waals surface area contributed by atoms with Gasteiger partial charge in [-0.3, -0.25) is 0 Å². The highest BCUT2D eigenvalue weighted by molar-refractivity contribution is 9.09. The zero-order valence-electron chi connectivity index (χ0n) is 9.20. The molecule has 0 amide bonds. The van der Waals surface area contributed by atoms with Gasteiger partial charge in [0.1, 0.15) is 0 Å². The van der Waals surface area contributed by atoms with E-state index in [4.69, 9.17) is 4.52 Å². The van der Waals surface area contributed by atoms with Gasteiger partial charge in [0.2, 0.25) is 11.7 Å². The molecule has 2 rings (SSSR count). The lowest BCUT2D eigenvalue weighted by Crippen LogP contribution is -2.04. The molecule has 1 aromatic carbocycles. The van der Waals surface area contributed by atoms with E-state index >= 15 is 0 Å². The predicted molar refractivity (Wildman–Crippen MR) is 62.1 cm³/mol. The maximum Gasteiger partial charge on any atom is 0.416 e. The van der Waals surface area contributed by atoms with Crippen molar-refractivity contribution in [3.05, 3.63) is 35.7 Å². The zero-order valence-corrected chi connectivity index (χ0v) is 10.8. The fourth-order valence-corrected chi connectivity index (χ4v) is 1.53. The number of halogens is 4. The van der Waals surface area contributed by atoms with E-state index in [-0.39, 0.29) is 16.2 Å². The molecule has 1 unspecified atom stereocenters. The van der Waals surface area contributed by atoms with Gasteiger partial charge in [0.05, 0.1) is 10.4 Å². The minimum atomic E-state index is -4.38. The van der Waals surface area contributed by atoms with Gasteiger partial charge in [0, 0.05) is 5.56 Å². The Balaban J connectivity index is 2.38. The molecule has 0 saturated carbocycles. The first-order valence-corrected chi connectivity index (χ1v) is 5.95. The summed E-state index contributed by atoms with van der Waals surface area (Å²) in [6, 6.07) is 4.81. The fourth-order valence-electron chi connectivity index (χ4n) is 1.35. The second-order valence-corrected chi connectivity index (χ2v) is 5.02. The Morgan fingerprint density at radius 2 is 2.06 bits per heavy atom. The van der Waals surface area contributed by atoms with Crippen LogP contribution in [0.1, 0.15) is 23.2 Å². The monoisotopic (exact) mass is 320 g/mol. The summed E-state index contributed by atoms with van der Waals surface area (Å²) >= 11 is 3.24. The molecular formula is C11H8BrF3N2O. The smallest absolute Gasteiger partial charge is 0.338 e. The number of hydrogen-bond donors (Lipinski definition) is 0. The van der Waals surface area contributed by atoms with Gasteiger partial charge in [-0.25, -0.2) is 0 Å². The molecule has 0 aliphatic rings. The summed E-state index contributed by atoms with van der Waals surface area (Å²) in [6.45, 7) is 1.78. The molecule has 0 fully saturated rings. The van der Waals surface area contributed by atoms with E-state index in [1.165, 1.54) is 12.1 Å². The van der Waals surface area contributed by atoms with Gasteiger partial charge in [0.25, 0.3) is 0 Å². The third-order valence-corrected chi connectivity index (χ3v) is 2.62. The van der Waals surface area contributed by atoms with Crippen molar-refractivity contribution in [1.29, 1.82) is 0 Å². The molecule has 0 spiro atoms. The van der Waals surface area contributed by atoms with Crippen molar-refractivity contribution in [3.8, 4) is 11.4 Å². The third-order valence-electron chi connectivity index (χ3n) is 2.23. The topological polar surface area (TPSA) is 38.9 Å². The van der Waals surface area contributed by atoms with E-state index in [1.807, 2.05) is 0 Å². The molecular weight excluding hydrogens is 313 g/mol. The SMILES string of the molecule is CC(Br)c1nc(-c2cccc(C(F)(F)F)c2)no1. The Kier molecular flexibility index (Phi) is 3.43. The molecule has 1 heterocycles. The Morgan fingerprint density at radius 3 is 2.61 bits per heavy atom. The quantitative estimate of drug-likeness (QED) is 0.778. The first kappa shape index (κ1) is 13.1. The normalized spacial score (nSPS) is 13.6. The first-order valence-electron chi connectivity index (χ1n) is 5.03. The number of hydrogen-bond acceptors (Lipinski definition) is 3. The molecule has 0 saturated heterocycles. The largest absolute Gasteiger partial charge is 0.416 e. The lowest BCUT2D eigenvalue weighted by molar-refractivity contribution is -0.137. The Labute approximate surface area is 109 Å². The number of nitrogens with zero attached hydrogens (tertiary/aromatic N) is 2. The maximum atomic E-state index is 12.5. The van der Waals surface area contributed by atoms with Gasteiger partial charge >= 0.3 is 6.18 Å². The summed E-state index contributed by atoms with van der Waals surface area (Å²) in [5.74, 6) is 0.463. The molecule has 0 aliphatic carbocycles. The number of rotatable bonds is 2. The van der Waals surface area contributed by atoms with Crippen molar-refractivity contribution in [1.82, 2.24) is 10.1 Å². The second kappa shape index (κ2) is 4.72. The van der Waals surface area contributed by atoms with Crippen LogP contribution in [0.25, 0.3) is 11.4 Å². The van der Waals surface area contributed by atoms with Crippen molar-refractivity contribution in [2.75, 3.05) is 0 Å². The minimum absolute atomic E-state index is 0.141. The molecule has 3 nitrogen and oxygen atoms in total. The fraction of sp³-hybridized carbons (Fsp3) is 0.273. The van der Waals surface area contributed by atoms with E-state index in [0.717, 1.165) is 12.1 Å². The molecule has 1 aromatic heterocycles. The Bertz CT molecular complexity index is 551. The van der Waals surface area contributed by atoms with Gasteiger partial charge in [-0.1, -0.05) is 33.2 Å². The lowest BCUT2D eigenvalue weighted by Gasteiger charge is -2.06. The van der Waals surface area contributed by atoms with Gasteiger partial charge < -0.3 is 4.52 Å². The van der Waals surface area contributed by atoms with Gasteiger partial charge in [-0.05, 0) is 19.1 Å². The molecule has 1 atom stereocenters. The number of aromatic nitrogens is 2. The van der Waals surface area contributed by atoms with Gasteiger partial charge in [-0.2, -0.15) is 18.2 Å². The average Bonchev–Trinajstić information content (AvgIpc) is 2.77. The molecule has 0 bridgehead atoms. The standard InChI is InChI=1S/C11H8BrF3N2O/c1-6(12)10-16-9(17-18-10)7-3-2-4-8(5-7)11(13,14)15/h2-6H,1H3. The summed E-state index contributed by atoms with van der Waals surface area (Å²) in [5, 5.41) is 3.65. The van der Waals surface area contributed by atoms with Gasteiger partial charge in [-0.15, -0.1) is 0 Å². The molecule has 7 heteroatoms. The van der Waals surface area contributed by atoms with Crippen LogP contribution in [0.5, 0.6) is 0 Å². The predicted octanol–water partition coefficient (Wildman–Crippen LogP) is 4.21. The average molecular weight is 321 g/mol. The van der Waals surface area contributed by atoms with Crippen LogP contribution >= 0.6 is 15.9 Å². The van der Waals surface area contributed by atoms with Crippen molar-refractivity contribution in [2.45, 2.75) is 17.9 Å². The zero-order chi connectivity index (χ0) is 13.3. The van der Waals surface area contributed by atoms with E-state index < -0.39 is 11.7 Å². The summed E-state index contributed by atoms with van der Waals surface area (Å²) in [5.41, 5.74) is -0.466. The van der Waals surface area contributed by atoms with Crippen LogP contribution < -0.4 is 0 Å². The molecule has 0 radical (unpaired) electrons. The van der Waals surface area contributed by atoms with Crippen LogP contribution in [-0.2, 0) is 6.18 Å². The van der Waals surface area contributed by atoms with Crippen molar-refractivity contribution in [3.63, 3.8) is 0 Å². The molecule has 0 aliphatic heterocycles. The highest BCUT2D eigenvalue weighted by Crippen LogP contribution is 2.32. The van der Waals surface area contributed by atoms with E-state index in [0.29, 0.717) is 5.89 Å². The van der Waals surface area contributed by atoms with Crippen LogP contribution in [0.3, 0.4) is 0 Å². The third kappa shape index (κ3) is 2.72. The molecule has 0 N–H and O–H groups in total. The number of benzene rings is 1. The molecule has 18 heavy (non-hydrogen) atoms. The van der Waals surface area contributed by atoms with Gasteiger partial charge in [0.15, 0.2) is 0 Å². The Morgan fingerprint density at radius 1 is 1.33 bits per heavy atom. The lowest BCUT2D eigenvalue weighted by atomic mass is 10.1. The summed E-state index contributed by atoms with van der Waals surface area (Å²) < 4.78 is 42.6. The van der Waals surface area contributed by atoms with E-state index in [2.05, 4.69) is 26.1 Å². The Hall–Kier alpha value is -1.37. The molecule has 96 valence electrons. The van der Waals surface area contributed by atoms with Crippen LogP contribution in [0.4, 0.5) is 13.2 Å². The van der Waals surface area contributed by atoms with Crippen LogP contribution in [0.2, 0.25) is 0 Å². The number of alkyl halides is 4. The highest BCUT2D eigenvalue weighted by atomic mass is 79.9. The van der Waals surface area contributed by atoms with E-state index in [1.54, 1.807) is 6.92 Å². The van der Waals surface area contributed by atoms with Crippen LogP contribution in [0.15, 0.2) is 28.8 Å². The summed E-state index contributed by atoms with van der Waals surface area (Å²) in [4.78, 5) is 3.86.